The second-order valence-electron chi connectivity index (χ2n) is 7.13. The molecule has 1 saturated heterocycles. The highest BCUT2D eigenvalue weighted by atomic mass is 35.5. The van der Waals surface area contributed by atoms with Gasteiger partial charge < -0.3 is 10.2 Å². The number of carbonyl (C=O) groups excluding carboxylic acids is 2. The van der Waals surface area contributed by atoms with E-state index in [1.165, 1.54) is 12.1 Å². The van der Waals surface area contributed by atoms with E-state index in [0.717, 1.165) is 18.4 Å². The second-order valence-corrected chi connectivity index (χ2v) is 7.57. The Morgan fingerprint density at radius 1 is 1.18 bits per heavy atom. The van der Waals surface area contributed by atoms with E-state index >= 15 is 0 Å². The molecule has 6 heteroatoms. The minimum Gasteiger partial charge on any atom is -0.356 e. The fourth-order valence-electron chi connectivity index (χ4n) is 3.61. The van der Waals surface area contributed by atoms with E-state index in [9.17, 15) is 14.0 Å². The van der Waals surface area contributed by atoms with E-state index in [1.54, 1.807) is 41.3 Å². The molecule has 2 amide bonds. The Labute approximate surface area is 169 Å². The molecule has 148 valence electrons. The van der Waals surface area contributed by atoms with Crippen LogP contribution in [0.25, 0.3) is 0 Å². The van der Waals surface area contributed by atoms with Gasteiger partial charge in [-0.1, -0.05) is 43.1 Å². The summed E-state index contributed by atoms with van der Waals surface area (Å²) in [5.41, 5.74) is 1.36. The van der Waals surface area contributed by atoms with Gasteiger partial charge in [-0.05, 0) is 42.3 Å². The predicted molar refractivity (Wildman–Crippen MR) is 108 cm³/mol. The van der Waals surface area contributed by atoms with E-state index in [2.05, 4.69) is 12.2 Å². The van der Waals surface area contributed by atoms with Crippen LogP contribution in [0.1, 0.15) is 41.6 Å². The molecule has 0 bridgehead atoms. The van der Waals surface area contributed by atoms with Gasteiger partial charge in [0.25, 0.3) is 5.91 Å². The zero-order valence-corrected chi connectivity index (χ0v) is 16.6. The lowest BCUT2D eigenvalue weighted by atomic mass is 9.88. The Hall–Kier alpha value is -2.40. The molecule has 4 nitrogen and oxygen atoms in total. The molecule has 2 aromatic carbocycles. The molecule has 2 atom stereocenters. The molecule has 1 aliphatic rings. The monoisotopic (exact) mass is 402 g/mol. The van der Waals surface area contributed by atoms with E-state index in [0.29, 0.717) is 30.2 Å². The number of nitrogens with zero attached hydrogens (tertiary/aromatic N) is 1. The van der Waals surface area contributed by atoms with Gasteiger partial charge in [0, 0.05) is 36.1 Å². The summed E-state index contributed by atoms with van der Waals surface area (Å²) in [6.07, 6.45) is 1.90. The lowest BCUT2D eigenvalue weighted by Crippen LogP contribution is -2.36. The van der Waals surface area contributed by atoms with Crippen LogP contribution in [-0.4, -0.2) is 36.3 Å². The topological polar surface area (TPSA) is 49.4 Å². The van der Waals surface area contributed by atoms with Crippen molar-refractivity contribution in [3.63, 3.8) is 0 Å². The van der Waals surface area contributed by atoms with E-state index in [-0.39, 0.29) is 29.5 Å². The zero-order chi connectivity index (χ0) is 20.1. The van der Waals surface area contributed by atoms with Crippen molar-refractivity contribution in [3.8, 4) is 0 Å². The quantitative estimate of drug-likeness (QED) is 0.734. The SMILES string of the molecule is CCCCNC(=O)C1CN(C(=O)c2cccc(Cl)c2)CC1c1ccc(F)cc1. The average molecular weight is 403 g/mol. The fourth-order valence-corrected chi connectivity index (χ4v) is 3.80. The van der Waals surface area contributed by atoms with Gasteiger partial charge in [-0.15, -0.1) is 0 Å². The highest BCUT2D eigenvalue weighted by molar-refractivity contribution is 6.30. The number of hydrogen-bond donors (Lipinski definition) is 1. The Bertz CT molecular complexity index is 841. The van der Waals surface area contributed by atoms with Gasteiger partial charge in [0.05, 0.1) is 5.92 Å². The summed E-state index contributed by atoms with van der Waals surface area (Å²) in [6.45, 7) is 3.41. The molecule has 28 heavy (non-hydrogen) atoms. The van der Waals surface area contributed by atoms with Gasteiger partial charge in [0.2, 0.25) is 5.91 Å². The van der Waals surface area contributed by atoms with Crippen LogP contribution >= 0.6 is 11.6 Å². The summed E-state index contributed by atoms with van der Waals surface area (Å²) in [5, 5.41) is 3.47. The first-order valence-corrected chi connectivity index (χ1v) is 9.95. The maximum absolute atomic E-state index is 13.3. The third-order valence-electron chi connectivity index (χ3n) is 5.14. The summed E-state index contributed by atoms with van der Waals surface area (Å²) in [7, 11) is 0. The van der Waals surface area contributed by atoms with Crippen LogP contribution in [0.5, 0.6) is 0 Å². The van der Waals surface area contributed by atoms with Crippen molar-refractivity contribution in [1.82, 2.24) is 10.2 Å². The Morgan fingerprint density at radius 2 is 1.93 bits per heavy atom. The Kier molecular flexibility index (Phi) is 6.68. The number of halogens is 2. The molecule has 1 aliphatic heterocycles. The first-order valence-electron chi connectivity index (χ1n) is 9.57. The maximum Gasteiger partial charge on any atom is 0.253 e. The summed E-state index contributed by atoms with van der Waals surface area (Å²) < 4.78 is 13.3. The van der Waals surface area contributed by atoms with Crippen LogP contribution < -0.4 is 5.32 Å². The molecular weight excluding hydrogens is 379 g/mol. The van der Waals surface area contributed by atoms with Crippen LogP contribution in [0, 0.1) is 11.7 Å². The van der Waals surface area contributed by atoms with Crippen molar-refractivity contribution in [3.05, 3.63) is 70.5 Å². The van der Waals surface area contributed by atoms with Crippen LogP contribution in [0.15, 0.2) is 48.5 Å². The second kappa shape index (κ2) is 9.20. The smallest absolute Gasteiger partial charge is 0.253 e. The van der Waals surface area contributed by atoms with Gasteiger partial charge in [-0.3, -0.25) is 9.59 Å². The maximum atomic E-state index is 13.3. The lowest BCUT2D eigenvalue weighted by Gasteiger charge is -2.18. The molecule has 0 aliphatic carbocycles. The molecule has 2 unspecified atom stereocenters. The molecule has 0 spiro atoms. The number of amides is 2. The van der Waals surface area contributed by atoms with E-state index < -0.39 is 0 Å². The van der Waals surface area contributed by atoms with Crippen molar-refractivity contribution in [2.45, 2.75) is 25.7 Å². The minimum atomic E-state index is -0.370. The largest absolute Gasteiger partial charge is 0.356 e. The minimum absolute atomic E-state index is 0.0656. The standard InChI is InChI=1S/C22H24ClFN2O2/c1-2-3-11-25-21(27)20-14-26(22(28)16-5-4-6-17(23)12-16)13-19(20)15-7-9-18(24)10-8-15/h4-10,12,19-20H,2-3,11,13-14H2,1H3,(H,25,27). The van der Waals surface area contributed by atoms with Crippen molar-refractivity contribution >= 4 is 23.4 Å². The third-order valence-corrected chi connectivity index (χ3v) is 5.38. The Balaban J connectivity index is 1.82. The molecule has 1 heterocycles. The summed E-state index contributed by atoms with van der Waals surface area (Å²) >= 11 is 6.01. The summed E-state index contributed by atoms with van der Waals surface area (Å²) in [4.78, 5) is 27.4. The predicted octanol–water partition coefficient (Wildman–Crippen LogP) is 4.25. The fraction of sp³-hybridized carbons (Fsp3) is 0.364. The molecule has 0 aromatic heterocycles. The van der Waals surface area contributed by atoms with Gasteiger partial charge >= 0.3 is 0 Å². The van der Waals surface area contributed by atoms with Crippen LogP contribution in [-0.2, 0) is 4.79 Å². The van der Waals surface area contributed by atoms with Crippen LogP contribution in [0.4, 0.5) is 4.39 Å². The highest BCUT2D eigenvalue weighted by Gasteiger charge is 2.40. The van der Waals surface area contributed by atoms with E-state index in [4.69, 9.17) is 11.6 Å². The van der Waals surface area contributed by atoms with Gasteiger partial charge in [-0.2, -0.15) is 0 Å². The van der Waals surface area contributed by atoms with Crippen LogP contribution in [0.2, 0.25) is 5.02 Å². The van der Waals surface area contributed by atoms with Gasteiger partial charge in [0.1, 0.15) is 5.82 Å². The number of unbranched alkanes of at least 4 members (excludes halogenated alkanes) is 1. The zero-order valence-electron chi connectivity index (χ0n) is 15.8. The molecular formula is C22H24ClFN2O2. The van der Waals surface area contributed by atoms with Gasteiger partial charge in [-0.25, -0.2) is 4.39 Å². The van der Waals surface area contributed by atoms with Crippen molar-refractivity contribution in [2.75, 3.05) is 19.6 Å². The molecule has 0 saturated carbocycles. The number of rotatable bonds is 6. The van der Waals surface area contributed by atoms with Crippen molar-refractivity contribution < 1.29 is 14.0 Å². The number of likely N-dealkylation sites (tertiary alicyclic amines) is 1. The van der Waals surface area contributed by atoms with Crippen molar-refractivity contribution in [1.29, 1.82) is 0 Å². The lowest BCUT2D eigenvalue weighted by molar-refractivity contribution is -0.124. The average Bonchev–Trinajstić information content (AvgIpc) is 3.13. The summed E-state index contributed by atoms with van der Waals surface area (Å²) in [6, 6.07) is 13.0. The number of nitrogens with one attached hydrogen (secondary N) is 1. The molecule has 1 N–H and O–H groups in total. The number of benzene rings is 2. The molecule has 1 fully saturated rings. The number of hydrogen-bond acceptors (Lipinski definition) is 2. The first kappa shape index (κ1) is 20.3. The highest BCUT2D eigenvalue weighted by Crippen LogP contribution is 2.34. The first-order chi connectivity index (χ1) is 13.5. The van der Waals surface area contributed by atoms with E-state index in [1.807, 2.05) is 0 Å². The van der Waals surface area contributed by atoms with Crippen molar-refractivity contribution in [2.24, 2.45) is 5.92 Å². The van der Waals surface area contributed by atoms with Crippen LogP contribution in [0.3, 0.4) is 0 Å². The molecule has 2 aromatic rings. The Morgan fingerprint density at radius 3 is 2.61 bits per heavy atom. The molecule has 3 rings (SSSR count). The molecule has 0 radical (unpaired) electrons. The third kappa shape index (κ3) is 4.71. The normalized spacial score (nSPS) is 18.9. The number of carbonyl (C=O) groups is 2. The van der Waals surface area contributed by atoms with Gasteiger partial charge in [0.15, 0.2) is 0 Å². The summed E-state index contributed by atoms with van der Waals surface area (Å²) in [5.74, 6) is -1.09.